The number of ether oxygens (including phenoxy) is 2. The number of unbranched alkanes of at least 4 members (excludes halogenated alkanes) is 21. The van der Waals surface area contributed by atoms with Crippen molar-refractivity contribution in [3.05, 3.63) is 48.6 Å². The fourth-order valence-corrected chi connectivity index (χ4v) is 5.93. The van der Waals surface area contributed by atoms with Gasteiger partial charge in [0.15, 0.2) is 0 Å². The monoisotopic (exact) mass is 733 g/mol. The van der Waals surface area contributed by atoms with Gasteiger partial charge >= 0.3 is 11.9 Å². The predicted molar refractivity (Wildman–Crippen MR) is 217 cm³/mol. The first kappa shape index (κ1) is 49.8. The summed E-state index contributed by atoms with van der Waals surface area (Å²) in [5.74, 6) is -0.793. The highest BCUT2D eigenvalue weighted by Crippen LogP contribution is 2.15. The fraction of sp³-hybridized carbons (Fsp3) is 0.778. The summed E-state index contributed by atoms with van der Waals surface area (Å²) in [6.07, 6.45) is 43.8. The minimum absolute atomic E-state index is 0.125. The van der Waals surface area contributed by atoms with Gasteiger partial charge in [0.1, 0.15) is 19.3 Å². The normalized spacial score (nSPS) is 13.9. The van der Waals surface area contributed by atoms with Crippen molar-refractivity contribution < 1.29 is 34.4 Å². The molecule has 7 heteroatoms. The zero-order chi connectivity index (χ0) is 38.2. The summed E-state index contributed by atoms with van der Waals surface area (Å²) < 4.78 is 10.2. The first-order valence-corrected chi connectivity index (χ1v) is 21.4. The molecule has 0 bridgehead atoms. The van der Waals surface area contributed by atoms with Crippen molar-refractivity contribution in [3.8, 4) is 0 Å². The van der Waals surface area contributed by atoms with Crippen molar-refractivity contribution in [2.75, 3.05) is 13.2 Å². The molecule has 0 aliphatic rings. The molecule has 52 heavy (non-hydrogen) atoms. The molecular weight excluding hydrogens is 652 g/mol. The maximum absolute atomic E-state index is 12.0. The van der Waals surface area contributed by atoms with E-state index >= 15 is 0 Å². The standard InChI is InChI=1S/C45H80O7/c1-3-5-7-9-11-12-13-14-15-16-17-18-19-20-21-22-23-25-31-37-44(49)51-39-43(48)40-52-45(50)38-32-36-42(47)35-30-27-26-29-34-41(46)33-28-24-10-8-6-4-2/h24,26-30,34-35,41-43,46-48H,3-23,25,31-33,36-40H2,1-2H3/b27-26+,28-24-,34-29+,35-30-/t41-,42-,43+/m1/s1. The molecule has 302 valence electrons. The Morgan fingerprint density at radius 1 is 0.481 bits per heavy atom. The summed E-state index contributed by atoms with van der Waals surface area (Å²) in [6.45, 7) is 4.04. The van der Waals surface area contributed by atoms with E-state index < -0.39 is 24.3 Å². The molecule has 0 aromatic rings. The minimum atomic E-state index is -1.06. The van der Waals surface area contributed by atoms with E-state index in [0.717, 1.165) is 25.7 Å². The van der Waals surface area contributed by atoms with E-state index in [1.54, 1.807) is 36.5 Å². The number of hydrogen-bond donors (Lipinski definition) is 3. The maximum atomic E-state index is 12.0. The highest BCUT2D eigenvalue weighted by molar-refractivity contribution is 5.69. The topological polar surface area (TPSA) is 113 Å². The lowest BCUT2D eigenvalue weighted by molar-refractivity contribution is -0.152. The lowest BCUT2D eigenvalue weighted by atomic mass is 10.0. The lowest BCUT2D eigenvalue weighted by Gasteiger charge is -2.12. The van der Waals surface area contributed by atoms with E-state index in [-0.39, 0.29) is 25.6 Å². The second-order valence-electron chi connectivity index (χ2n) is 14.5. The van der Waals surface area contributed by atoms with E-state index in [4.69, 9.17) is 9.47 Å². The van der Waals surface area contributed by atoms with Crippen molar-refractivity contribution in [3.63, 3.8) is 0 Å². The van der Waals surface area contributed by atoms with Crippen LogP contribution >= 0.6 is 0 Å². The number of carbonyl (C=O) groups excluding carboxylic acids is 2. The summed E-state index contributed by atoms with van der Waals surface area (Å²) in [6, 6.07) is 0. The number of allylic oxidation sites excluding steroid dienone is 5. The van der Waals surface area contributed by atoms with Gasteiger partial charge < -0.3 is 24.8 Å². The Bertz CT molecular complexity index is 909. The third-order valence-electron chi connectivity index (χ3n) is 9.26. The molecule has 0 rings (SSSR count). The lowest BCUT2D eigenvalue weighted by Crippen LogP contribution is -2.25. The number of rotatable bonds is 38. The summed E-state index contributed by atoms with van der Waals surface area (Å²) in [5, 5.41) is 30.1. The Morgan fingerprint density at radius 2 is 0.885 bits per heavy atom. The van der Waals surface area contributed by atoms with Gasteiger partial charge in [-0.1, -0.05) is 191 Å². The van der Waals surface area contributed by atoms with Gasteiger partial charge in [-0.05, 0) is 38.5 Å². The quantitative estimate of drug-likeness (QED) is 0.0251. The van der Waals surface area contributed by atoms with Gasteiger partial charge in [0.05, 0.1) is 12.2 Å². The third-order valence-corrected chi connectivity index (χ3v) is 9.26. The maximum Gasteiger partial charge on any atom is 0.305 e. The average Bonchev–Trinajstić information content (AvgIpc) is 3.13. The largest absolute Gasteiger partial charge is 0.463 e. The van der Waals surface area contributed by atoms with Crippen LogP contribution in [-0.4, -0.2) is 58.8 Å². The summed E-state index contributed by atoms with van der Waals surface area (Å²) in [5.41, 5.74) is 0. The number of hydrogen-bond acceptors (Lipinski definition) is 7. The van der Waals surface area contributed by atoms with Crippen LogP contribution in [0.5, 0.6) is 0 Å². The highest BCUT2D eigenvalue weighted by Gasteiger charge is 2.12. The number of aliphatic hydroxyl groups excluding tert-OH is 3. The van der Waals surface area contributed by atoms with Gasteiger partial charge in [-0.3, -0.25) is 9.59 Å². The van der Waals surface area contributed by atoms with E-state index in [9.17, 15) is 24.9 Å². The van der Waals surface area contributed by atoms with Crippen molar-refractivity contribution >= 4 is 11.9 Å². The molecule has 0 amide bonds. The van der Waals surface area contributed by atoms with E-state index in [2.05, 4.69) is 19.9 Å². The second kappa shape index (κ2) is 40.0. The molecule has 0 aliphatic heterocycles. The van der Waals surface area contributed by atoms with Gasteiger partial charge in [-0.25, -0.2) is 0 Å². The Balaban J connectivity index is 3.64. The average molecular weight is 733 g/mol. The Morgan fingerprint density at radius 3 is 1.37 bits per heavy atom. The van der Waals surface area contributed by atoms with Crippen LogP contribution < -0.4 is 0 Å². The number of aliphatic hydroxyl groups is 3. The molecule has 0 spiro atoms. The Labute approximate surface area is 319 Å². The molecule has 3 N–H and O–H groups in total. The predicted octanol–water partition coefficient (Wildman–Crippen LogP) is 11.3. The molecular formula is C45H80O7. The van der Waals surface area contributed by atoms with E-state index in [1.165, 1.54) is 122 Å². The molecule has 0 aromatic heterocycles. The highest BCUT2D eigenvalue weighted by atomic mass is 16.6. The van der Waals surface area contributed by atoms with Crippen LogP contribution in [0.2, 0.25) is 0 Å². The van der Waals surface area contributed by atoms with E-state index in [1.807, 2.05) is 6.08 Å². The van der Waals surface area contributed by atoms with Crippen LogP contribution in [0.25, 0.3) is 0 Å². The van der Waals surface area contributed by atoms with Crippen molar-refractivity contribution in [1.29, 1.82) is 0 Å². The van der Waals surface area contributed by atoms with Gasteiger partial charge in [0.2, 0.25) is 0 Å². The third kappa shape index (κ3) is 39.0. The zero-order valence-corrected chi connectivity index (χ0v) is 33.5. The Kier molecular flexibility index (Phi) is 38.3. The summed E-state index contributed by atoms with van der Waals surface area (Å²) >= 11 is 0. The molecule has 0 heterocycles. The SMILES string of the molecule is CCCCC/C=C\C[C@@H](O)/C=C/C=C/C=C\[C@@H](O)CCCC(=O)OC[C@@H](O)COC(=O)CCCCCCCCCCCCCCCCCCCCC. The molecule has 0 unspecified atom stereocenters. The van der Waals surface area contributed by atoms with Gasteiger partial charge in [0.25, 0.3) is 0 Å². The van der Waals surface area contributed by atoms with Crippen LogP contribution in [0.1, 0.15) is 194 Å². The first-order chi connectivity index (χ1) is 25.4. The van der Waals surface area contributed by atoms with Gasteiger partial charge in [-0.2, -0.15) is 0 Å². The smallest absolute Gasteiger partial charge is 0.305 e. The number of esters is 2. The van der Waals surface area contributed by atoms with Crippen molar-refractivity contribution in [1.82, 2.24) is 0 Å². The van der Waals surface area contributed by atoms with Crippen molar-refractivity contribution in [2.24, 2.45) is 0 Å². The molecule has 0 saturated carbocycles. The van der Waals surface area contributed by atoms with Crippen molar-refractivity contribution in [2.45, 2.75) is 212 Å². The van der Waals surface area contributed by atoms with Gasteiger partial charge in [0, 0.05) is 12.8 Å². The zero-order valence-electron chi connectivity index (χ0n) is 33.5. The number of carbonyl (C=O) groups is 2. The minimum Gasteiger partial charge on any atom is -0.463 e. The molecule has 7 nitrogen and oxygen atoms in total. The van der Waals surface area contributed by atoms with E-state index in [0.29, 0.717) is 25.7 Å². The first-order valence-electron chi connectivity index (χ1n) is 21.4. The summed E-state index contributed by atoms with van der Waals surface area (Å²) in [4.78, 5) is 24.0. The molecule has 3 atom stereocenters. The molecule has 0 radical (unpaired) electrons. The molecule has 0 aromatic carbocycles. The van der Waals surface area contributed by atoms with Crippen LogP contribution in [-0.2, 0) is 19.1 Å². The van der Waals surface area contributed by atoms with Gasteiger partial charge in [-0.15, -0.1) is 0 Å². The van der Waals surface area contributed by atoms with Crippen LogP contribution in [0, 0.1) is 0 Å². The molecule has 0 saturated heterocycles. The van der Waals surface area contributed by atoms with Crippen LogP contribution in [0.15, 0.2) is 48.6 Å². The molecule has 0 aliphatic carbocycles. The fourth-order valence-electron chi connectivity index (χ4n) is 5.93. The summed E-state index contributed by atoms with van der Waals surface area (Å²) in [7, 11) is 0. The Hall–Kier alpha value is -2.22. The second-order valence-corrected chi connectivity index (χ2v) is 14.5. The molecule has 0 fully saturated rings. The van der Waals surface area contributed by atoms with Crippen LogP contribution in [0.3, 0.4) is 0 Å². The van der Waals surface area contributed by atoms with Crippen LogP contribution in [0.4, 0.5) is 0 Å².